The summed E-state index contributed by atoms with van der Waals surface area (Å²) < 4.78 is 5.17. The number of rotatable bonds is 10. The lowest BCUT2D eigenvalue weighted by atomic mass is 10.1. The van der Waals surface area contributed by atoms with E-state index in [1.807, 2.05) is 0 Å². The number of carbonyl (C=O) groups excluding carboxylic acids is 2. The zero-order chi connectivity index (χ0) is 17.9. The molecule has 0 fully saturated rings. The van der Waals surface area contributed by atoms with Crippen molar-refractivity contribution >= 4 is 17.5 Å². The molecule has 0 aliphatic rings. The average molecular weight is 342 g/mol. The molecule has 2 N–H and O–H groups in total. The van der Waals surface area contributed by atoms with Gasteiger partial charge >= 0.3 is 0 Å². The molecule has 5 nitrogen and oxygen atoms in total. The third kappa shape index (κ3) is 6.83. The Balaban J connectivity index is 1.73. The molecule has 1 heterocycles. The largest absolute Gasteiger partial charge is 0.467 e. The number of benzene rings is 1. The van der Waals surface area contributed by atoms with E-state index in [0.717, 1.165) is 12.8 Å². The molecule has 2 rings (SSSR count). The molecule has 25 heavy (non-hydrogen) atoms. The highest BCUT2D eigenvalue weighted by Crippen LogP contribution is 2.12. The van der Waals surface area contributed by atoms with Crippen LogP contribution in [0.15, 0.2) is 47.1 Å². The van der Waals surface area contributed by atoms with Gasteiger partial charge in [0.25, 0.3) is 5.91 Å². The van der Waals surface area contributed by atoms with E-state index in [1.165, 1.54) is 19.3 Å². The number of unbranched alkanes of at least 4 members (excludes halogenated alkanes) is 4. The first kappa shape index (κ1) is 18.8. The molecule has 0 aliphatic heterocycles. The molecular weight excluding hydrogens is 316 g/mol. The van der Waals surface area contributed by atoms with Crippen LogP contribution in [0.25, 0.3) is 0 Å². The van der Waals surface area contributed by atoms with Crippen molar-refractivity contribution in [1.82, 2.24) is 5.32 Å². The van der Waals surface area contributed by atoms with Gasteiger partial charge in [0, 0.05) is 17.7 Å². The first-order chi connectivity index (χ1) is 12.2. The van der Waals surface area contributed by atoms with E-state index >= 15 is 0 Å². The van der Waals surface area contributed by atoms with Crippen LogP contribution in [-0.2, 0) is 11.3 Å². The van der Waals surface area contributed by atoms with Gasteiger partial charge in [-0.1, -0.05) is 32.6 Å². The molecule has 0 saturated heterocycles. The minimum Gasteiger partial charge on any atom is -0.467 e. The summed E-state index contributed by atoms with van der Waals surface area (Å²) in [5.74, 6) is 0.549. The molecule has 2 aromatic rings. The zero-order valence-corrected chi connectivity index (χ0v) is 14.7. The van der Waals surface area contributed by atoms with Gasteiger partial charge in [-0.3, -0.25) is 9.59 Å². The Hall–Kier alpha value is -2.56. The molecule has 0 bridgehead atoms. The van der Waals surface area contributed by atoms with Gasteiger partial charge in [-0.2, -0.15) is 0 Å². The third-order valence-electron chi connectivity index (χ3n) is 3.94. The molecule has 134 valence electrons. The maximum absolute atomic E-state index is 12.1. The fraction of sp³-hybridized carbons (Fsp3) is 0.400. The second kappa shape index (κ2) is 10.3. The van der Waals surface area contributed by atoms with E-state index < -0.39 is 0 Å². The summed E-state index contributed by atoms with van der Waals surface area (Å²) in [7, 11) is 0. The Morgan fingerprint density at radius 1 is 1.00 bits per heavy atom. The minimum absolute atomic E-state index is 0.0199. The molecule has 2 amide bonds. The standard InChI is InChI=1S/C20H26N2O3/c1-2-3-4-5-6-9-19(23)22-17-12-10-16(11-13-17)20(24)21-15-18-8-7-14-25-18/h7-8,10-14H,2-6,9,15H2,1H3,(H,21,24)(H,22,23). The van der Waals surface area contributed by atoms with Crippen molar-refractivity contribution in [3.05, 3.63) is 54.0 Å². The van der Waals surface area contributed by atoms with E-state index in [1.54, 1.807) is 42.7 Å². The quantitative estimate of drug-likeness (QED) is 0.624. The summed E-state index contributed by atoms with van der Waals surface area (Å²) in [4.78, 5) is 24.0. The summed E-state index contributed by atoms with van der Waals surface area (Å²) in [6.45, 7) is 2.52. The van der Waals surface area contributed by atoms with Gasteiger partial charge in [-0.15, -0.1) is 0 Å². The van der Waals surface area contributed by atoms with E-state index in [9.17, 15) is 9.59 Å². The lowest BCUT2D eigenvalue weighted by molar-refractivity contribution is -0.116. The highest BCUT2D eigenvalue weighted by Gasteiger charge is 2.07. The van der Waals surface area contributed by atoms with Crippen LogP contribution in [0.4, 0.5) is 5.69 Å². The lowest BCUT2D eigenvalue weighted by Crippen LogP contribution is -2.22. The van der Waals surface area contributed by atoms with Gasteiger partial charge in [0.05, 0.1) is 12.8 Å². The second-order valence-electron chi connectivity index (χ2n) is 6.05. The summed E-state index contributed by atoms with van der Waals surface area (Å²) in [6.07, 6.45) is 7.73. The summed E-state index contributed by atoms with van der Waals surface area (Å²) in [5, 5.41) is 5.65. The first-order valence-corrected chi connectivity index (χ1v) is 8.89. The summed E-state index contributed by atoms with van der Waals surface area (Å²) >= 11 is 0. The van der Waals surface area contributed by atoms with Crippen molar-refractivity contribution in [2.45, 2.75) is 52.0 Å². The average Bonchev–Trinajstić information content (AvgIpc) is 3.14. The highest BCUT2D eigenvalue weighted by molar-refractivity contribution is 5.95. The molecule has 5 heteroatoms. The van der Waals surface area contributed by atoms with Crippen molar-refractivity contribution in [1.29, 1.82) is 0 Å². The topological polar surface area (TPSA) is 71.3 Å². The molecule has 0 atom stereocenters. The second-order valence-corrected chi connectivity index (χ2v) is 6.05. The lowest BCUT2D eigenvalue weighted by Gasteiger charge is -2.07. The number of hydrogen-bond donors (Lipinski definition) is 2. The zero-order valence-electron chi connectivity index (χ0n) is 14.7. The summed E-state index contributed by atoms with van der Waals surface area (Å²) in [6, 6.07) is 10.5. The van der Waals surface area contributed by atoms with Gasteiger partial charge in [-0.05, 0) is 42.8 Å². The predicted octanol–water partition coefficient (Wildman–Crippen LogP) is 4.51. The highest BCUT2D eigenvalue weighted by atomic mass is 16.3. The van der Waals surface area contributed by atoms with E-state index in [-0.39, 0.29) is 11.8 Å². The van der Waals surface area contributed by atoms with Crippen LogP contribution < -0.4 is 10.6 Å². The van der Waals surface area contributed by atoms with Crippen LogP contribution in [-0.4, -0.2) is 11.8 Å². The van der Waals surface area contributed by atoms with Crippen molar-refractivity contribution in [2.24, 2.45) is 0 Å². The van der Waals surface area contributed by atoms with E-state index in [0.29, 0.717) is 30.0 Å². The van der Waals surface area contributed by atoms with E-state index in [4.69, 9.17) is 4.42 Å². The number of anilines is 1. The Bertz CT molecular complexity index is 648. The van der Waals surface area contributed by atoms with E-state index in [2.05, 4.69) is 17.6 Å². The number of furan rings is 1. The van der Waals surface area contributed by atoms with Gasteiger partial charge in [0.1, 0.15) is 5.76 Å². The Labute approximate surface area is 148 Å². The minimum atomic E-state index is -0.176. The van der Waals surface area contributed by atoms with Gasteiger partial charge in [0.15, 0.2) is 0 Å². The number of hydrogen-bond acceptors (Lipinski definition) is 3. The van der Waals surface area contributed by atoms with Gasteiger partial charge < -0.3 is 15.1 Å². The van der Waals surface area contributed by atoms with Crippen molar-refractivity contribution in [3.63, 3.8) is 0 Å². The monoisotopic (exact) mass is 342 g/mol. The van der Waals surface area contributed by atoms with Crippen LogP contribution in [0.5, 0.6) is 0 Å². The van der Waals surface area contributed by atoms with Gasteiger partial charge in [-0.25, -0.2) is 0 Å². The van der Waals surface area contributed by atoms with Crippen molar-refractivity contribution in [3.8, 4) is 0 Å². The van der Waals surface area contributed by atoms with Gasteiger partial charge in [0.2, 0.25) is 5.91 Å². The molecule has 0 unspecified atom stereocenters. The van der Waals surface area contributed by atoms with Crippen LogP contribution >= 0.6 is 0 Å². The smallest absolute Gasteiger partial charge is 0.251 e. The van der Waals surface area contributed by atoms with Crippen LogP contribution in [0.2, 0.25) is 0 Å². The molecule has 0 radical (unpaired) electrons. The Morgan fingerprint density at radius 3 is 2.44 bits per heavy atom. The fourth-order valence-electron chi connectivity index (χ4n) is 2.50. The molecular formula is C20H26N2O3. The van der Waals surface area contributed by atoms with Crippen LogP contribution in [0.3, 0.4) is 0 Å². The summed E-state index contributed by atoms with van der Waals surface area (Å²) in [5.41, 5.74) is 1.25. The molecule has 0 saturated carbocycles. The Kier molecular flexibility index (Phi) is 7.76. The van der Waals surface area contributed by atoms with Crippen molar-refractivity contribution in [2.75, 3.05) is 5.32 Å². The fourth-order valence-corrected chi connectivity index (χ4v) is 2.50. The molecule has 1 aromatic heterocycles. The number of nitrogens with one attached hydrogen (secondary N) is 2. The molecule has 1 aromatic carbocycles. The van der Waals surface area contributed by atoms with Crippen molar-refractivity contribution < 1.29 is 14.0 Å². The molecule has 0 aliphatic carbocycles. The third-order valence-corrected chi connectivity index (χ3v) is 3.94. The number of amides is 2. The SMILES string of the molecule is CCCCCCCC(=O)Nc1ccc(C(=O)NCc2ccco2)cc1. The normalized spacial score (nSPS) is 10.4. The predicted molar refractivity (Wildman–Crippen MR) is 98.3 cm³/mol. The first-order valence-electron chi connectivity index (χ1n) is 8.89. The molecule has 0 spiro atoms. The maximum atomic E-state index is 12.1. The maximum Gasteiger partial charge on any atom is 0.251 e. The number of carbonyl (C=O) groups is 2. The van der Waals surface area contributed by atoms with Crippen LogP contribution in [0, 0.1) is 0 Å². The Morgan fingerprint density at radius 2 is 1.76 bits per heavy atom. The van der Waals surface area contributed by atoms with Crippen LogP contribution in [0.1, 0.15) is 61.6 Å².